The maximum atomic E-state index is 11.9. The molecule has 9 heteroatoms. The van der Waals surface area contributed by atoms with Gasteiger partial charge in [-0.25, -0.2) is 0 Å². The van der Waals surface area contributed by atoms with E-state index in [1.165, 1.54) is 0 Å². The number of nitrogens with one attached hydrogen (secondary N) is 3. The summed E-state index contributed by atoms with van der Waals surface area (Å²) in [6.45, 7) is 0.120. The average molecular weight is 286 g/mol. The third-order valence-corrected chi connectivity index (χ3v) is 2.83. The summed E-state index contributed by atoms with van der Waals surface area (Å²) in [5, 5.41) is 15.9. The summed E-state index contributed by atoms with van der Waals surface area (Å²) >= 11 is 0. The van der Waals surface area contributed by atoms with Crippen LogP contribution in [0, 0.1) is 0 Å². The lowest BCUT2D eigenvalue weighted by molar-refractivity contribution is -0.138. The Balaban J connectivity index is 2.58. The molecule has 112 valence electrons. The second kappa shape index (κ2) is 7.43. The molecular weight excluding hydrogens is 268 g/mol. The first-order valence-electron chi connectivity index (χ1n) is 6.21. The Morgan fingerprint density at radius 3 is 2.55 bits per heavy atom. The van der Waals surface area contributed by atoms with Crippen molar-refractivity contribution in [2.45, 2.75) is 31.3 Å². The van der Waals surface area contributed by atoms with Crippen LogP contribution in [0.5, 0.6) is 0 Å². The molecule has 3 amide bonds. The first-order chi connectivity index (χ1) is 9.40. The van der Waals surface area contributed by atoms with Gasteiger partial charge >= 0.3 is 5.97 Å². The Morgan fingerprint density at radius 2 is 2.05 bits per heavy atom. The molecule has 6 N–H and O–H groups in total. The molecule has 0 aromatic rings. The third-order valence-electron chi connectivity index (χ3n) is 2.83. The SMILES string of the molecule is NC(=O)CC(NC(=O)C1CCCN1)C(=O)NCC(=O)O. The molecule has 0 spiro atoms. The Bertz CT molecular complexity index is 406. The van der Waals surface area contributed by atoms with Gasteiger partial charge < -0.3 is 26.8 Å². The van der Waals surface area contributed by atoms with E-state index in [-0.39, 0.29) is 6.42 Å². The van der Waals surface area contributed by atoms with E-state index < -0.39 is 42.3 Å². The minimum absolute atomic E-state index is 0.385. The van der Waals surface area contributed by atoms with Gasteiger partial charge in [0.05, 0.1) is 12.5 Å². The van der Waals surface area contributed by atoms with Crippen molar-refractivity contribution in [2.75, 3.05) is 13.1 Å². The highest BCUT2D eigenvalue weighted by atomic mass is 16.4. The predicted molar refractivity (Wildman–Crippen MR) is 67.4 cm³/mol. The number of carbonyl (C=O) groups is 4. The second-order valence-corrected chi connectivity index (χ2v) is 4.49. The van der Waals surface area contributed by atoms with Gasteiger partial charge in [0.15, 0.2) is 0 Å². The molecule has 2 unspecified atom stereocenters. The zero-order chi connectivity index (χ0) is 15.1. The number of hydrogen-bond donors (Lipinski definition) is 5. The van der Waals surface area contributed by atoms with E-state index in [0.29, 0.717) is 13.0 Å². The maximum absolute atomic E-state index is 11.9. The quantitative estimate of drug-likeness (QED) is 0.343. The lowest BCUT2D eigenvalue weighted by Crippen LogP contribution is -2.53. The molecule has 1 rings (SSSR count). The molecule has 0 aliphatic carbocycles. The predicted octanol–water partition coefficient (Wildman–Crippen LogP) is -2.70. The molecule has 0 saturated carbocycles. The normalized spacial score (nSPS) is 19.1. The van der Waals surface area contributed by atoms with Crippen LogP contribution in [-0.4, -0.2) is 54.0 Å². The van der Waals surface area contributed by atoms with Crippen molar-refractivity contribution >= 4 is 23.7 Å². The fraction of sp³-hybridized carbons (Fsp3) is 0.636. The summed E-state index contributed by atoms with van der Waals surface area (Å²) in [4.78, 5) is 44.9. The van der Waals surface area contributed by atoms with Crippen molar-refractivity contribution in [1.29, 1.82) is 0 Å². The Kier molecular flexibility index (Phi) is 5.91. The van der Waals surface area contributed by atoms with Crippen LogP contribution in [0.25, 0.3) is 0 Å². The Hall–Kier alpha value is -2.16. The number of carboxylic acids is 1. The number of aliphatic carboxylic acids is 1. The molecule has 20 heavy (non-hydrogen) atoms. The van der Waals surface area contributed by atoms with Crippen LogP contribution < -0.4 is 21.7 Å². The van der Waals surface area contributed by atoms with Crippen LogP contribution in [0.15, 0.2) is 0 Å². The summed E-state index contributed by atoms with van der Waals surface area (Å²) in [6, 6.07) is -1.57. The van der Waals surface area contributed by atoms with Crippen molar-refractivity contribution in [3.63, 3.8) is 0 Å². The number of amides is 3. The number of carbonyl (C=O) groups excluding carboxylic acids is 3. The minimum Gasteiger partial charge on any atom is -0.480 e. The van der Waals surface area contributed by atoms with Gasteiger partial charge in [0.25, 0.3) is 0 Å². The maximum Gasteiger partial charge on any atom is 0.322 e. The van der Waals surface area contributed by atoms with E-state index in [4.69, 9.17) is 10.8 Å². The van der Waals surface area contributed by atoms with E-state index in [2.05, 4.69) is 16.0 Å². The number of rotatable bonds is 7. The highest BCUT2D eigenvalue weighted by Crippen LogP contribution is 2.05. The van der Waals surface area contributed by atoms with Crippen molar-refractivity contribution < 1.29 is 24.3 Å². The van der Waals surface area contributed by atoms with Gasteiger partial charge in [-0.15, -0.1) is 0 Å². The number of hydrogen-bond acceptors (Lipinski definition) is 5. The zero-order valence-electron chi connectivity index (χ0n) is 10.8. The van der Waals surface area contributed by atoms with Crippen molar-refractivity contribution in [2.24, 2.45) is 5.73 Å². The lowest BCUT2D eigenvalue weighted by atomic mass is 10.1. The average Bonchev–Trinajstić information content (AvgIpc) is 2.88. The molecule has 0 bridgehead atoms. The van der Waals surface area contributed by atoms with E-state index in [0.717, 1.165) is 6.42 Å². The molecule has 0 aromatic heterocycles. The van der Waals surface area contributed by atoms with Gasteiger partial charge in [-0.2, -0.15) is 0 Å². The van der Waals surface area contributed by atoms with Gasteiger partial charge in [-0.1, -0.05) is 0 Å². The van der Waals surface area contributed by atoms with E-state index >= 15 is 0 Å². The van der Waals surface area contributed by atoms with E-state index in [1.807, 2.05) is 0 Å². The summed E-state index contributed by atoms with van der Waals surface area (Å²) in [6.07, 6.45) is 1.11. The van der Waals surface area contributed by atoms with Crippen LogP contribution in [0.3, 0.4) is 0 Å². The van der Waals surface area contributed by atoms with Gasteiger partial charge in [0.2, 0.25) is 17.7 Å². The van der Waals surface area contributed by atoms with Crippen LogP contribution in [0.1, 0.15) is 19.3 Å². The standard InChI is InChI=1S/C11H18N4O5/c12-8(16)4-7(10(19)14-5-9(17)18)15-11(20)6-2-1-3-13-6/h6-7,13H,1-5H2,(H2,12,16)(H,14,19)(H,15,20)(H,17,18). The molecule has 0 aromatic carbocycles. The second-order valence-electron chi connectivity index (χ2n) is 4.49. The van der Waals surface area contributed by atoms with E-state index in [1.54, 1.807) is 0 Å². The van der Waals surface area contributed by atoms with Gasteiger partial charge in [0.1, 0.15) is 12.6 Å². The highest BCUT2D eigenvalue weighted by Gasteiger charge is 2.28. The number of primary amides is 1. The smallest absolute Gasteiger partial charge is 0.322 e. The summed E-state index contributed by atoms with van der Waals surface area (Å²) < 4.78 is 0. The fourth-order valence-electron chi connectivity index (χ4n) is 1.88. The minimum atomic E-state index is -1.22. The molecule has 1 saturated heterocycles. The third kappa shape index (κ3) is 5.22. The summed E-state index contributed by atoms with van der Waals surface area (Å²) in [5.74, 6) is -3.14. The molecule has 1 aliphatic heterocycles. The van der Waals surface area contributed by atoms with Gasteiger partial charge in [0, 0.05) is 0 Å². The van der Waals surface area contributed by atoms with Crippen LogP contribution in [-0.2, 0) is 19.2 Å². The molecular formula is C11H18N4O5. The van der Waals surface area contributed by atoms with Gasteiger partial charge in [-0.3, -0.25) is 19.2 Å². The molecule has 1 fully saturated rings. The Morgan fingerprint density at radius 1 is 1.35 bits per heavy atom. The molecule has 2 atom stereocenters. The first kappa shape index (κ1) is 15.9. The molecule has 1 aliphatic rings. The van der Waals surface area contributed by atoms with Crippen molar-refractivity contribution in [1.82, 2.24) is 16.0 Å². The Labute approximate surface area is 115 Å². The van der Waals surface area contributed by atoms with Crippen molar-refractivity contribution in [3.05, 3.63) is 0 Å². The highest BCUT2D eigenvalue weighted by molar-refractivity contribution is 5.94. The van der Waals surface area contributed by atoms with Crippen molar-refractivity contribution in [3.8, 4) is 0 Å². The van der Waals surface area contributed by atoms with Crippen LogP contribution >= 0.6 is 0 Å². The summed E-state index contributed by atoms with van der Waals surface area (Å²) in [5.41, 5.74) is 5.01. The van der Waals surface area contributed by atoms with Crippen LogP contribution in [0.2, 0.25) is 0 Å². The lowest BCUT2D eigenvalue weighted by Gasteiger charge is -2.19. The molecule has 9 nitrogen and oxygen atoms in total. The molecule has 1 heterocycles. The topological polar surface area (TPSA) is 151 Å². The monoisotopic (exact) mass is 286 g/mol. The number of carboxylic acid groups (broad SMARTS) is 1. The fourth-order valence-corrected chi connectivity index (χ4v) is 1.88. The van der Waals surface area contributed by atoms with Crippen LogP contribution in [0.4, 0.5) is 0 Å². The largest absolute Gasteiger partial charge is 0.480 e. The summed E-state index contributed by atoms with van der Waals surface area (Å²) in [7, 11) is 0. The van der Waals surface area contributed by atoms with E-state index in [9.17, 15) is 19.2 Å². The zero-order valence-corrected chi connectivity index (χ0v) is 10.8. The first-order valence-corrected chi connectivity index (χ1v) is 6.21. The number of nitrogens with two attached hydrogens (primary N) is 1. The van der Waals surface area contributed by atoms with Gasteiger partial charge in [-0.05, 0) is 19.4 Å². The molecule has 0 radical (unpaired) electrons.